The minimum absolute atomic E-state index is 1.16. The Morgan fingerprint density at radius 3 is 0.941 bits per heavy atom. The molecule has 17 heavy (non-hydrogen) atoms. The van der Waals surface area contributed by atoms with Gasteiger partial charge in [0.25, 0.3) is 0 Å². The molecule has 0 heterocycles. The van der Waals surface area contributed by atoms with Crippen molar-refractivity contribution in [2.75, 3.05) is 0 Å². The van der Waals surface area contributed by atoms with Crippen molar-refractivity contribution >= 4 is 8.07 Å². The van der Waals surface area contributed by atoms with Crippen molar-refractivity contribution in [1.29, 1.82) is 0 Å². The van der Waals surface area contributed by atoms with E-state index >= 15 is 0 Å². The second kappa shape index (κ2) is 10.3. The molecule has 0 N–H and O–H groups in total. The van der Waals surface area contributed by atoms with Crippen molar-refractivity contribution in [2.45, 2.75) is 49.9 Å². The molecule has 0 rings (SSSR count). The Labute approximate surface area is 109 Å². The maximum absolute atomic E-state index is 3.87. The first-order valence-corrected chi connectivity index (χ1v) is 9.51. The molecule has 0 nitrogen and oxygen atoms in total. The maximum Gasteiger partial charge on any atom is 0.0548 e. The summed E-state index contributed by atoms with van der Waals surface area (Å²) in [6.45, 7) is 15.5. The predicted octanol–water partition coefficient (Wildman–Crippen LogP) is 5.74. The number of hydrogen-bond donors (Lipinski definition) is 0. The average Bonchev–Trinajstić information content (AvgIpc) is 2.37. The topological polar surface area (TPSA) is 0 Å². The van der Waals surface area contributed by atoms with E-state index in [1.165, 1.54) is 24.2 Å². The van der Waals surface area contributed by atoms with E-state index in [1.807, 2.05) is 0 Å². The van der Waals surface area contributed by atoms with Crippen LogP contribution in [0.2, 0.25) is 24.2 Å². The Morgan fingerprint density at radius 1 is 0.529 bits per heavy atom. The molecule has 0 spiro atoms. The van der Waals surface area contributed by atoms with E-state index in [2.05, 4.69) is 50.6 Å². The van der Waals surface area contributed by atoms with Crippen LogP contribution in [0.25, 0.3) is 0 Å². The average molecular weight is 248 g/mol. The standard InChI is InChI=1S/C16H28Si/c1-5-9-13-17(14-10-6-2,15-11-7-3)16-12-8-4/h5-8H,1-4,9-16H2. The van der Waals surface area contributed by atoms with Gasteiger partial charge in [0.1, 0.15) is 0 Å². The van der Waals surface area contributed by atoms with Gasteiger partial charge in [-0.3, -0.25) is 0 Å². The van der Waals surface area contributed by atoms with Gasteiger partial charge in [-0.1, -0.05) is 48.5 Å². The minimum atomic E-state index is -1.16. The fourth-order valence-corrected chi connectivity index (χ4v) is 7.15. The van der Waals surface area contributed by atoms with E-state index in [1.54, 1.807) is 0 Å². The zero-order chi connectivity index (χ0) is 13.0. The van der Waals surface area contributed by atoms with Crippen LogP contribution < -0.4 is 0 Å². The summed E-state index contributed by atoms with van der Waals surface area (Å²) in [6, 6.07) is 5.47. The Kier molecular flexibility index (Phi) is 9.84. The van der Waals surface area contributed by atoms with Gasteiger partial charge < -0.3 is 0 Å². The van der Waals surface area contributed by atoms with Crippen molar-refractivity contribution in [3.63, 3.8) is 0 Å². The molecule has 0 bridgehead atoms. The van der Waals surface area contributed by atoms with E-state index in [0.29, 0.717) is 0 Å². The number of hydrogen-bond acceptors (Lipinski definition) is 0. The highest BCUT2D eigenvalue weighted by molar-refractivity contribution is 6.80. The van der Waals surface area contributed by atoms with Crippen molar-refractivity contribution in [3.05, 3.63) is 50.6 Å². The summed E-state index contributed by atoms with van der Waals surface area (Å²) >= 11 is 0. The van der Waals surface area contributed by atoms with Gasteiger partial charge in [-0.15, -0.1) is 26.3 Å². The van der Waals surface area contributed by atoms with Gasteiger partial charge in [0.15, 0.2) is 0 Å². The van der Waals surface area contributed by atoms with Gasteiger partial charge in [-0.2, -0.15) is 0 Å². The second-order valence-corrected chi connectivity index (χ2v) is 9.81. The van der Waals surface area contributed by atoms with E-state index in [4.69, 9.17) is 0 Å². The van der Waals surface area contributed by atoms with Crippen LogP contribution in [0.1, 0.15) is 25.7 Å². The molecule has 0 radical (unpaired) electrons. The fourth-order valence-electron chi connectivity index (χ4n) is 2.38. The van der Waals surface area contributed by atoms with E-state index in [9.17, 15) is 0 Å². The highest BCUT2D eigenvalue weighted by atomic mass is 28.3. The molecule has 0 saturated carbocycles. The van der Waals surface area contributed by atoms with Gasteiger partial charge in [-0.05, 0) is 25.7 Å². The molecule has 0 aromatic carbocycles. The lowest BCUT2D eigenvalue weighted by atomic mass is 10.5. The number of allylic oxidation sites excluding steroid dienone is 4. The zero-order valence-corrected chi connectivity index (χ0v) is 12.3. The Morgan fingerprint density at radius 2 is 0.765 bits per heavy atom. The Hall–Kier alpha value is -0.823. The predicted molar refractivity (Wildman–Crippen MR) is 84.2 cm³/mol. The summed E-state index contributed by atoms with van der Waals surface area (Å²) in [5.41, 5.74) is 0. The first kappa shape index (κ1) is 16.2. The molecule has 0 aliphatic heterocycles. The van der Waals surface area contributed by atoms with Crippen LogP contribution in [0, 0.1) is 0 Å². The third-order valence-corrected chi connectivity index (χ3v) is 8.91. The maximum atomic E-state index is 3.87. The highest BCUT2D eigenvalue weighted by Crippen LogP contribution is 2.32. The van der Waals surface area contributed by atoms with Crippen LogP contribution in [-0.2, 0) is 0 Å². The summed E-state index contributed by atoms with van der Waals surface area (Å²) < 4.78 is 0. The summed E-state index contributed by atoms with van der Waals surface area (Å²) in [5, 5.41) is 0. The van der Waals surface area contributed by atoms with E-state index in [0.717, 1.165) is 25.7 Å². The molecule has 0 aromatic rings. The molecule has 0 amide bonds. The smallest absolute Gasteiger partial charge is 0.0548 e. The molecule has 0 fully saturated rings. The van der Waals surface area contributed by atoms with Gasteiger partial charge in [0, 0.05) is 0 Å². The van der Waals surface area contributed by atoms with E-state index < -0.39 is 8.07 Å². The molecule has 0 aliphatic rings. The normalized spacial score (nSPS) is 10.8. The van der Waals surface area contributed by atoms with Crippen LogP contribution in [0.4, 0.5) is 0 Å². The monoisotopic (exact) mass is 248 g/mol. The first-order valence-electron chi connectivity index (χ1n) is 6.68. The largest absolute Gasteiger partial charge is 0.103 e. The molecular formula is C16H28Si. The van der Waals surface area contributed by atoms with Gasteiger partial charge >= 0.3 is 0 Å². The Bertz CT molecular complexity index is 186. The third-order valence-electron chi connectivity index (χ3n) is 3.52. The van der Waals surface area contributed by atoms with E-state index in [-0.39, 0.29) is 0 Å². The lowest BCUT2D eigenvalue weighted by Gasteiger charge is -2.31. The minimum Gasteiger partial charge on any atom is -0.103 e. The van der Waals surface area contributed by atoms with Crippen molar-refractivity contribution in [1.82, 2.24) is 0 Å². The SMILES string of the molecule is C=CCC[Si](CCC=C)(CCC=C)CCC=C. The van der Waals surface area contributed by atoms with Gasteiger partial charge in [0.05, 0.1) is 8.07 Å². The molecule has 0 saturated heterocycles. The van der Waals surface area contributed by atoms with Crippen LogP contribution in [0.15, 0.2) is 50.6 Å². The number of rotatable bonds is 12. The fraction of sp³-hybridized carbons (Fsp3) is 0.500. The van der Waals surface area contributed by atoms with Crippen molar-refractivity contribution in [3.8, 4) is 0 Å². The van der Waals surface area contributed by atoms with Crippen molar-refractivity contribution in [2.24, 2.45) is 0 Å². The third kappa shape index (κ3) is 7.17. The summed E-state index contributed by atoms with van der Waals surface area (Å²) in [7, 11) is -1.16. The molecule has 1 heteroatoms. The Balaban J connectivity index is 4.59. The molecule has 0 atom stereocenters. The summed E-state index contributed by atoms with van der Waals surface area (Å²) in [5.74, 6) is 0. The quantitative estimate of drug-likeness (QED) is 0.305. The first-order chi connectivity index (χ1) is 8.24. The molecule has 0 aromatic heterocycles. The lowest BCUT2D eigenvalue weighted by molar-refractivity contribution is 0.963. The summed E-state index contributed by atoms with van der Waals surface area (Å²) in [6.07, 6.45) is 12.9. The highest BCUT2D eigenvalue weighted by Gasteiger charge is 2.29. The van der Waals surface area contributed by atoms with Gasteiger partial charge in [0.2, 0.25) is 0 Å². The van der Waals surface area contributed by atoms with Crippen LogP contribution in [0.3, 0.4) is 0 Å². The second-order valence-electron chi connectivity index (χ2n) is 4.81. The molecule has 0 unspecified atom stereocenters. The lowest BCUT2D eigenvalue weighted by Crippen LogP contribution is -2.33. The van der Waals surface area contributed by atoms with Crippen molar-refractivity contribution < 1.29 is 0 Å². The molecule has 96 valence electrons. The summed E-state index contributed by atoms with van der Waals surface area (Å²) in [4.78, 5) is 0. The van der Waals surface area contributed by atoms with Crippen LogP contribution in [-0.4, -0.2) is 8.07 Å². The zero-order valence-electron chi connectivity index (χ0n) is 11.3. The molecular weight excluding hydrogens is 220 g/mol. The van der Waals surface area contributed by atoms with Gasteiger partial charge in [-0.25, -0.2) is 0 Å². The van der Waals surface area contributed by atoms with Crippen LogP contribution >= 0.6 is 0 Å². The molecule has 0 aliphatic carbocycles. The van der Waals surface area contributed by atoms with Crippen LogP contribution in [0.5, 0.6) is 0 Å².